The molecule has 172 valence electrons. The van der Waals surface area contributed by atoms with Crippen molar-refractivity contribution in [2.75, 3.05) is 6.61 Å². The molecule has 0 spiro atoms. The summed E-state index contributed by atoms with van der Waals surface area (Å²) in [4.78, 5) is 27.5. The summed E-state index contributed by atoms with van der Waals surface area (Å²) < 4.78 is 5.62. The molecule has 0 aliphatic rings. The number of halogens is 3. The lowest BCUT2D eigenvalue weighted by Crippen LogP contribution is -2.48. The largest absolute Gasteiger partial charge is 0.484 e. The zero-order valence-electron chi connectivity index (χ0n) is 17.9. The lowest BCUT2D eigenvalue weighted by atomic mass is 10.1. The van der Waals surface area contributed by atoms with Crippen molar-refractivity contribution in [2.24, 2.45) is 0 Å². The number of nitrogens with one attached hydrogen (secondary N) is 1. The topological polar surface area (TPSA) is 58.6 Å². The van der Waals surface area contributed by atoms with Crippen LogP contribution < -0.4 is 10.1 Å². The fourth-order valence-electron chi connectivity index (χ4n) is 3.11. The number of hydrogen-bond acceptors (Lipinski definition) is 3. The smallest absolute Gasteiger partial charge is 0.261 e. The van der Waals surface area contributed by atoms with Crippen molar-refractivity contribution in [3.63, 3.8) is 0 Å². The molecular weight excluding hydrogens is 483 g/mol. The van der Waals surface area contributed by atoms with Gasteiger partial charge in [-0.25, -0.2) is 0 Å². The van der Waals surface area contributed by atoms with Gasteiger partial charge in [0.2, 0.25) is 5.91 Å². The summed E-state index contributed by atoms with van der Waals surface area (Å²) in [5.41, 5.74) is 1.57. The molecule has 2 amide bonds. The first-order chi connectivity index (χ1) is 15.8. The van der Waals surface area contributed by atoms with Crippen molar-refractivity contribution < 1.29 is 14.3 Å². The summed E-state index contributed by atoms with van der Waals surface area (Å²) in [5.74, 6) is -0.0594. The maximum absolute atomic E-state index is 13.1. The van der Waals surface area contributed by atoms with Crippen molar-refractivity contribution >= 4 is 46.6 Å². The molecule has 1 atom stereocenters. The van der Waals surface area contributed by atoms with Crippen LogP contribution in [0.15, 0.2) is 72.8 Å². The van der Waals surface area contributed by atoms with E-state index in [-0.39, 0.29) is 31.5 Å². The minimum atomic E-state index is -0.751. The van der Waals surface area contributed by atoms with Gasteiger partial charge < -0.3 is 15.0 Å². The Kier molecular flexibility index (Phi) is 9.01. The minimum Gasteiger partial charge on any atom is -0.484 e. The summed E-state index contributed by atoms with van der Waals surface area (Å²) in [6.07, 6.45) is 0. The van der Waals surface area contributed by atoms with Crippen LogP contribution in [0.5, 0.6) is 5.75 Å². The highest BCUT2D eigenvalue weighted by Gasteiger charge is 2.26. The van der Waals surface area contributed by atoms with Gasteiger partial charge in [-0.2, -0.15) is 0 Å². The Morgan fingerprint density at radius 2 is 1.61 bits per heavy atom. The third kappa shape index (κ3) is 7.39. The summed E-state index contributed by atoms with van der Waals surface area (Å²) in [6, 6.07) is 20.5. The Morgan fingerprint density at radius 3 is 2.27 bits per heavy atom. The second-order valence-electron chi connectivity index (χ2n) is 7.38. The van der Waals surface area contributed by atoms with Crippen molar-refractivity contribution in [3.05, 3.63) is 99.0 Å². The Balaban J connectivity index is 1.70. The van der Waals surface area contributed by atoms with Gasteiger partial charge in [0.25, 0.3) is 5.91 Å². The molecule has 0 unspecified atom stereocenters. The summed E-state index contributed by atoms with van der Waals surface area (Å²) >= 11 is 18.1. The molecule has 0 heterocycles. The average Bonchev–Trinajstić information content (AvgIpc) is 2.81. The number of benzene rings is 3. The molecule has 0 aliphatic carbocycles. The number of carbonyl (C=O) groups excluding carboxylic acids is 2. The first-order valence-electron chi connectivity index (χ1n) is 10.3. The van der Waals surface area contributed by atoms with E-state index < -0.39 is 6.04 Å². The predicted molar refractivity (Wildman–Crippen MR) is 132 cm³/mol. The Bertz CT molecular complexity index is 1090. The zero-order valence-corrected chi connectivity index (χ0v) is 20.2. The fraction of sp³-hybridized carbons (Fsp3) is 0.200. The number of carbonyl (C=O) groups is 2. The van der Waals surface area contributed by atoms with Gasteiger partial charge in [-0.3, -0.25) is 9.59 Å². The molecule has 0 bridgehead atoms. The molecule has 5 nitrogen and oxygen atoms in total. The molecule has 0 saturated heterocycles. The second kappa shape index (κ2) is 11.9. The number of ether oxygens (including phenoxy) is 1. The summed E-state index contributed by atoms with van der Waals surface area (Å²) in [5, 5.41) is 4.41. The van der Waals surface area contributed by atoms with Gasteiger partial charge in [0.15, 0.2) is 6.61 Å². The molecule has 0 radical (unpaired) electrons. The molecular formula is C25H23Cl3N2O3. The molecule has 0 fully saturated rings. The average molecular weight is 506 g/mol. The van der Waals surface area contributed by atoms with Crippen molar-refractivity contribution in [3.8, 4) is 5.75 Å². The predicted octanol–water partition coefficient (Wildman–Crippen LogP) is 5.76. The molecule has 8 heteroatoms. The van der Waals surface area contributed by atoms with Crippen LogP contribution >= 0.6 is 34.8 Å². The van der Waals surface area contributed by atoms with Gasteiger partial charge in [-0.15, -0.1) is 0 Å². The summed E-state index contributed by atoms with van der Waals surface area (Å²) in [7, 11) is 0. The molecule has 0 aromatic heterocycles. The monoisotopic (exact) mass is 504 g/mol. The van der Waals surface area contributed by atoms with Crippen molar-refractivity contribution in [1.82, 2.24) is 10.2 Å². The first kappa shape index (κ1) is 24.9. The number of para-hydroxylation sites is 1. The molecule has 1 N–H and O–H groups in total. The van der Waals surface area contributed by atoms with Crippen molar-refractivity contribution in [2.45, 2.75) is 26.1 Å². The highest BCUT2D eigenvalue weighted by molar-refractivity contribution is 6.35. The highest BCUT2D eigenvalue weighted by atomic mass is 35.5. The van der Waals surface area contributed by atoms with Crippen molar-refractivity contribution in [1.29, 1.82) is 0 Å². The summed E-state index contributed by atoms with van der Waals surface area (Å²) in [6.45, 7) is 1.92. The number of amides is 2. The van der Waals surface area contributed by atoms with Gasteiger partial charge in [0.1, 0.15) is 11.8 Å². The fourth-order valence-corrected chi connectivity index (χ4v) is 3.71. The molecule has 3 rings (SSSR count). The highest BCUT2D eigenvalue weighted by Crippen LogP contribution is 2.21. The zero-order chi connectivity index (χ0) is 23.8. The number of nitrogens with zero attached hydrogens (tertiary/aromatic N) is 1. The Morgan fingerprint density at radius 1 is 0.939 bits per heavy atom. The van der Waals surface area contributed by atoms with E-state index in [0.29, 0.717) is 20.8 Å². The van der Waals surface area contributed by atoms with E-state index in [1.54, 1.807) is 49.4 Å². The quantitative estimate of drug-likeness (QED) is 0.402. The van der Waals surface area contributed by atoms with Crippen LogP contribution in [0.3, 0.4) is 0 Å². The second-order valence-corrected chi connectivity index (χ2v) is 8.66. The third-order valence-corrected chi connectivity index (χ3v) is 5.85. The number of rotatable bonds is 9. The van der Waals surface area contributed by atoms with Gasteiger partial charge in [-0.05, 0) is 54.4 Å². The third-order valence-electron chi connectivity index (χ3n) is 5.01. The lowest BCUT2D eigenvalue weighted by molar-refractivity contribution is -0.142. The molecule has 3 aromatic carbocycles. The van der Waals surface area contributed by atoms with Crippen LogP contribution in [0.4, 0.5) is 0 Å². The van der Waals surface area contributed by atoms with E-state index in [1.165, 1.54) is 4.90 Å². The first-order valence-corrected chi connectivity index (χ1v) is 11.4. The Labute approximate surface area is 208 Å². The van der Waals surface area contributed by atoms with Gasteiger partial charge >= 0.3 is 0 Å². The van der Waals surface area contributed by atoms with E-state index >= 15 is 0 Å². The van der Waals surface area contributed by atoms with Crippen LogP contribution in [-0.4, -0.2) is 29.4 Å². The maximum Gasteiger partial charge on any atom is 0.261 e. The van der Waals surface area contributed by atoms with E-state index in [4.69, 9.17) is 39.5 Å². The van der Waals surface area contributed by atoms with E-state index in [2.05, 4.69) is 5.32 Å². The van der Waals surface area contributed by atoms with E-state index in [9.17, 15) is 9.59 Å². The van der Waals surface area contributed by atoms with Gasteiger partial charge in [0.05, 0.1) is 0 Å². The molecule has 3 aromatic rings. The van der Waals surface area contributed by atoms with E-state index in [0.717, 1.165) is 11.1 Å². The molecule has 33 heavy (non-hydrogen) atoms. The minimum absolute atomic E-state index is 0.196. The van der Waals surface area contributed by atoms with Crippen LogP contribution in [0, 0.1) is 0 Å². The maximum atomic E-state index is 13.1. The SMILES string of the molecule is C[C@@H](C(=O)NCc1ccc(Cl)cc1Cl)N(Cc1ccc(Cl)cc1)C(=O)COc1ccccc1. The molecule has 0 saturated carbocycles. The molecule has 0 aliphatic heterocycles. The van der Waals surface area contributed by atoms with Crippen LogP contribution in [-0.2, 0) is 22.7 Å². The normalized spacial score (nSPS) is 11.5. The van der Waals surface area contributed by atoms with Crippen LogP contribution in [0.25, 0.3) is 0 Å². The lowest BCUT2D eigenvalue weighted by Gasteiger charge is -2.29. The van der Waals surface area contributed by atoms with Gasteiger partial charge in [0, 0.05) is 28.2 Å². The standard InChI is InChI=1S/C25H23Cl3N2O3/c1-17(25(32)29-14-19-9-12-21(27)13-23(19)28)30(15-18-7-10-20(26)11-8-18)24(31)16-33-22-5-3-2-4-6-22/h2-13,17H,14-16H2,1H3,(H,29,32)/t17-/m0/s1. The van der Waals surface area contributed by atoms with Crippen LogP contribution in [0.1, 0.15) is 18.1 Å². The van der Waals surface area contributed by atoms with E-state index in [1.807, 2.05) is 30.3 Å². The van der Waals surface area contributed by atoms with Crippen LogP contribution in [0.2, 0.25) is 15.1 Å². The number of hydrogen-bond donors (Lipinski definition) is 1. The Hall–Kier alpha value is -2.73. The van der Waals surface area contributed by atoms with Gasteiger partial charge in [-0.1, -0.05) is 71.2 Å².